The number of ketones is 2. The molecule has 176 valence electrons. The van der Waals surface area contributed by atoms with Crippen molar-refractivity contribution in [3.8, 4) is 0 Å². The van der Waals surface area contributed by atoms with Crippen LogP contribution in [0.4, 0.5) is 17.1 Å². The predicted octanol–water partition coefficient (Wildman–Crippen LogP) is 6.05. The molecule has 1 aliphatic carbocycles. The molecule has 5 rings (SSSR count). The molecule has 0 amide bonds. The molecule has 0 spiro atoms. The minimum atomic E-state index is -0.473. The van der Waals surface area contributed by atoms with Crippen LogP contribution in [0.2, 0.25) is 0 Å². The molecule has 0 radical (unpaired) electrons. The smallest absolute Gasteiger partial charge is 0.269 e. The molecule has 7 nitrogen and oxygen atoms in total. The van der Waals surface area contributed by atoms with Gasteiger partial charge in [0.2, 0.25) is 0 Å². The number of carbonyl (C=O) groups excluding carboxylic acids is 2. The van der Waals surface area contributed by atoms with E-state index in [2.05, 4.69) is 24.5 Å². The number of anilines is 2. The number of non-ortho nitro benzene ring substituents is 1. The van der Waals surface area contributed by atoms with Gasteiger partial charge in [0.05, 0.1) is 22.3 Å². The van der Waals surface area contributed by atoms with E-state index in [1.54, 1.807) is 30.3 Å². The molecule has 35 heavy (non-hydrogen) atoms. The van der Waals surface area contributed by atoms with Crippen LogP contribution in [0.3, 0.4) is 0 Å². The number of hydrogen-bond donors (Lipinski definition) is 2. The molecule has 7 heteroatoms. The second-order valence-corrected chi connectivity index (χ2v) is 9.84. The average Bonchev–Trinajstić information content (AvgIpc) is 2.99. The summed E-state index contributed by atoms with van der Waals surface area (Å²) in [5.74, 6) is -0.0476. The van der Waals surface area contributed by atoms with E-state index in [1.807, 2.05) is 30.3 Å². The van der Waals surface area contributed by atoms with E-state index >= 15 is 0 Å². The topological polar surface area (TPSA) is 101 Å². The van der Waals surface area contributed by atoms with Crippen molar-refractivity contribution in [1.29, 1.82) is 0 Å². The largest absolute Gasteiger partial charge is 0.372 e. The Morgan fingerprint density at radius 3 is 2.34 bits per heavy atom. The van der Waals surface area contributed by atoms with Crippen molar-refractivity contribution in [2.75, 3.05) is 10.6 Å². The maximum Gasteiger partial charge on any atom is 0.269 e. The fourth-order valence-electron chi connectivity index (χ4n) is 4.88. The first kappa shape index (κ1) is 22.5. The molecule has 0 fully saturated rings. The molecule has 0 aromatic heterocycles. The zero-order chi connectivity index (χ0) is 24.7. The Bertz CT molecular complexity index is 1380. The zero-order valence-corrected chi connectivity index (χ0v) is 19.5. The van der Waals surface area contributed by atoms with Crippen LogP contribution in [-0.4, -0.2) is 16.5 Å². The summed E-state index contributed by atoms with van der Waals surface area (Å²) < 4.78 is 0. The number of carbonyl (C=O) groups is 2. The Balaban J connectivity index is 1.59. The molecule has 2 N–H and O–H groups in total. The molecular formula is C28H25N3O4. The summed E-state index contributed by atoms with van der Waals surface area (Å²) in [5, 5.41) is 18.1. The number of nitro groups is 1. The molecule has 0 bridgehead atoms. The van der Waals surface area contributed by atoms with Crippen molar-refractivity contribution in [1.82, 2.24) is 0 Å². The standard InChI is InChI=1S/C28H25N3O4/c1-28(2)15-23-25(24(32)16-28)26(17-8-11-20(12-9-17)31(34)35)30-21-13-10-19(14-22(21)29-23)27(33)18-6-4-3-5-7-18/h3-14,26,29-30H,15-16H2,1-2H3. The number of nitro benzene ring substituents is 1. The number of benzene rings is 3. The summed E-state index contributed by atoms with van der Waals surface area (Å²) in [5.41, 5.74) is 4.59. The van der Waals surface area contributed by atoms with Crippen molar-refractivity contribution >= 4 is 28.6 Å². The summed E-state index contributed by atoms with van der Waals surface area (Å²) in [6.45, 7) is 4.12. The van der Waals surface area contributed by atoms with E-state index in [0.29, 0.717) is 35.2 Å². The first-order valence-electron chi connectivity index (χ1n) is 11.5. The van der Waals surface area contributed by atoms with Crippen molar-refractivity contribution < 1.29 is 14.5 Å². The minimum Gasteiger partial charge on any atom is -0.372 e. The van der Waals surface area contributed by atoms with Gasteiger partial charge in [0.15, 0.2) is 11.6 Å². The molecule has 2 aliphatic rings. The first-order valence-corrected chi connectivity index (χ1v) is 11.5. The van der Waals surface area contributed by atoms with E-state index in [4.69, 9.17) is 0 Å². The molecular weight excluding hydrogens is 442 g/mol. The number of nitrogens with one attached hydrogen (secondary N) is 2. The van der Waals surface area contributed by atoms with E-state index < -0.39 is 11.0 Å². The normalized spacial score (nSPS) is 18.5. The van der Waals surface area contributed by atoms with Gasteiger partial charge in [-0.2, -0.15) is 0 Å². The van der Waals surface area contributed by atoms with E-state index in [1.165, 1.54) is 12.1 Å². The van der Waals surface area contributed by atoms with E-state index in [-0.39, 0.29) is 22.7 Å². The summed E-state index contributed by atoms with van der Waals surface area (Å²) in [6, 6.07) is 20.3. The molecule has 1 unspecified atom stereocenters. The third-order valence-corrected chi connectivity index (χ3v) is 6.55. The highest BCUT2D eigenvalue weighted by Crippen LogP contribution is 2.45. The fraction of sp³-hybridized carbons (Fsp3) is 0.214. The van der Waals surface area contributed by atoms with Gasteiger partial charge in [-0.1, -0.05) is 44.2 Å². The van der Waals surface area contributed by atoms with Crippen LogP contribution in [0, 0.1) is 15.5 Å². The lowest BCUT2D eigenvalue weighted by Crippen LogP contribution is -2.31. The van der Waals surface area contributed by atoms with Gasteiger partial charge in [0.1, 0.15) is 0 Å². The molecule has 3 aromatic rings. The summed E-state index contributed by atoms with van der Waals surface area (Å²) in [6.07, 6.45) is 1.07. The average molecular weight is 468 g/mol. The minimum absolute atomic E-state index is 0.00438. The Labute approximate surface area is 203 Å². The maximum absolute atomic E-state index is 13.4. The second kappa shape index (κ2) is 8.51. The Morgan fingerprint density at radius 1 is 0.943 bits per heavy atom. The Hall–Kier alpha value is -4.26. The Kier molecular flexibility index (Phi) is 5.47. The molecule has 1 atom stereocenters. The fourth-order valence-corrected chi connectivity index (χ4v) is 4.88. The molecule has 1 aliphatic heterocycles. The number of nitrogens with zero attached hydrogens (tertiary/aromatic N) is 1. The lowest BCUT2D eigenvalue weighted by atomic mass is 9.73. The number of allylic oxidation sites excluding steroid dienone is 1. The van der Waals surface area contributed by atoms with Crippen molar-refractivity contribution in [2.24, 2.45) is 5.41 Å². The van der Waals surface area contributed by atoms with Gasteiger partial charge in [-0.25, -0.2) is 0 Å². The number of fused-ring (bicyclic) bond motifs is 1. The highest BCUT2D eigenvalue weighted by Gasteiger charge is 2.38. The van der Waals surface area contributed by atoms with Crippen molar-refractivity contribution in [3.05, 3.63) is 111 Å². The van der Waals surface area contributed by atoms with Gasteiger partial charge in [0, 0.05) is 41.0 Å². The van der Waals surface area contributed by atoms with Crippen LogP contribution in [0.15, 0.2) is 84.1 Å². The predicted molar refractivity (Wildman–Crippen MR) is 134 cm³/mol. The molecule has 0 saturated carbocycles. The lowest BCUT2D eigenvalue weighted by molar-refractivity contribution is -0.384. The van der Waals surface area contributed by atoms with Crippen LogP contribution in [0.1, 0.15) is 54.2 Å². The van der Waals surface area contributed by atoms with E-state index in [9.17, 15) is 19.7 Å². The van der Waals surface area contributed by atoms with Crippen LogP contribution < -0.4 is 10.6 Å². The highest BCUT2D eigenvalue weighted by molar-refractivity contribution is 6.10. The van der Waals surface area contributed by atoms with Crippen molar-refractivity contribution in [2.45, 2.75) is 32.7 Å². The summed E-state index contributed by atoms with van der Waals surface area (Å²) in [7, 11) is 0. The van der Waals surface area contributed by atoms with Crippen LogP contribution in [-0.2, 0) is 4.79 Å². The first-order chi connectivity index (χ1) is 16.7. The monoisotopic (exact) mass is 467 g/mol. The van der Waals surface area contributed by atoms with Gasteiger partial charge in [-0.3, -0.25) is 19.7 Å². The Morgan fingerprint density at radius 2 is 1.66 bits per heavy atom. The lowest BCUT2D eigenvalue weighted by Gasteiger charge is -2.34. The van der Waals surface area contributed by atoms with Crippen LogP contribution in [0.5, 0.6) is 0 Å². The van der Waals surface area contributed by atoms with Crippen LogP contribution >= 0.6 is 0 Å². The number of Topliss-reactive ketones (excluding diaryl/α,β-unsaturated/α-hetero) is 1. The highest BCUT2D eigenvalue weighted by atomic mass is 16.6. The zero-order valence-electron chi connectivity index (χ0n) is 19.5. The third-order valence-electron chi connectivity index (χ3n) is 6.55. The van der Waals surface area contributed by atoms with Crippen molar-refractivity contribution in [3.63, 3.8) is 0 Å². The molecule has 0 saturated heterocycles. The maximum atomic E-state index is 13.4. The van der Waals surface area contributed by atoms with E-state index in [0.717, 1.165) is 16.9 Å². The number of rotatable bonds is 4. The third kappa shape index (κ3) is 4.33. The quantitative estimate of drug-likeness (QED) is 0.275. The SMILES string of the molecule is CC1(C)CC(=O)C2=C(C1)Nc1cc(C(=O)c3ccccc3)ccc1NC2c1ccc([N+](=O)[O-])cc1. The number of hydrogen-bond acceptors (Lipinski definition) is 6. The van der Waals surface area contributed by atoms with Gasteiger partial charge >= 0.3 is 0 Å². The summed E-state index contributed by atoms with van der Waals surface area (Å²) >= 11 is 0. The molecule has 3 aromatic carbocycles. The van der Waals surface area contributed by atoms with Gasteiger partial charge in [-0.15, -0.1) is 0 Å². The van der Waals surface area contributed by atoms with Crippen LogP contribution in [0.25, 0.3) is 0 Å². The van der Waals surface area contributed by atoms with Gasteiger partial charge < -0.3 is 10.6 Å². The molecule has 1 heterocycles. The summed E-state index contributed by atoms with van der Waals surface area (Å²) in [4.78, 5) is 37.1. The van der Waals surface area contributed by atoms with Gasteiger partial charge in [0.25, 0.3) is 5.69 Å². The second-order valence-electron chi connectivity index (χ2n) is 9.84. The van der Waals surface area contributed by atoms with Gasteiger partial charge in [-0.05, 0) is 47.7 Å².